The highest BCUT2D eigenvalue weighted by Gasteiger charge is 2.09. The average Bonchev–Trinajstić information content (AvgIpc) is 1.99. The van der Waals surface area contributed by atoms with Crippen LogP contribution < -0.4 is 5.32 Å². The van der Waals surface area contributed by atoms with Gasteiger partial charge in [0.25, 0.3) is 0 Å². The molecule has 5 nitrogen and oxygen atoms in total. The van der Waals surface area contributed by atoms with Crippen LogP contribution in [0.3, 0.4) is 0 Å². The Kier molecular flexibility index (Phi) is 5.31. The van der Waals surface area contributed by atoms with E-state index in [-0.39, 0.29) is 6.54 Å². The number of halogens is 2. The fourth-order valence-corrected chi connectivity index (χ4v) is 0.449. The highest BCUT2D eigenvalue weighted by molar-refractivity contribution is 6.41. The SMILES string of the molecule is O=C(NCC(O)CO)N(Cl)Cl. The monoisotopic (exact) mass is 202 g/mol. The molecule has 0 saturated carbocycles. The molecule has 0 fully saturated rings. The van der Waals surface area contributed by atoms with Crippen molar-refractivity contribution in [2.45, 2.75) is 6.10 Å². The zero-order valence-electron chi connectivity index (χ0n) is 5.50. The third kappa shape index (κ3) is 5.09. The van der Waals surface area contributed by atoms with Crippen molar-refractivity contribution in [2.75, 3.05) is 13.2 Å². The standard InChI is InChI=1S/C4H8Cl2N2O3/c5-8(6)4(11)7-1-3(10)2-9/h3,9-10H,1-2H2,(H,7,11). The van der Waals surface area contributed by atoms with E-state index in [1.807, 2.05) is 0 Å². The Morgan fingerprint density at radius 1 is 1.64 bits per heavy atom. The van der Waals surface area contributed by atoms with Gasteiger partial charge in [-0.3, -0.25) is 0 Å². The van der Waals surface area contributed by atoms with Gasteiger partial charge in [0.15, 0.2) is 0 Å². The van der Waals surface area contributed by atoms with E-state index in [4.69, 9.17) is 33.8 Å². The van der Waals surface area contributed by atoms with Crippen LogP contribution in [0.5, 0.6) is 0 Å². The number of hydrogen-bond donors (Lipinski definition) is 3. The molecular weight excluding hydrogens is 195 g/mol. The summed E-state index contributed by atoms with van der Waals surface area (Å²) in [7, 11) is 0. The van der Waals surface area contributed by atoms with Crippen LogP contribution in [0.15, 0.2) is 0 Å². The summed E-state index contributed by atoms with van der Waals surface area (Å²) in [6, 6.07) is -0.749. The van der Waals surface area contributed by atoms with E-state index in [9.17, 15) is 4.79 Å². The molecule has 0 saturated heterocycles. The lowest BCUT2D eigenvalue weighted by Crippen LogP contribution is -2.36. The molecule has 2 amide bonds. The topological polar surface area (TPSA) is 72.8 Å². The summed E-state index contributed by atoms with van der Waals surface area (Å²) in [6.07, 6.45) is -0.993. The van der Waals surface area contributed by atoms with Crippen LogP contribution in [-0.4, -0.2) is 39.4 Å². The fraction of sp³-hybridized carbons (Fsp3) is 0.750. The fourth-order valence-electron chi connectivity index (χ4n) is 0.329. The molecule has 11 heavy (non-hydrogen) atoms. The van der Waals surface area contributed by atoms with Crippen LogP contribution in [-0.2, 0) is 0 Å². The molecule has 3 N–H and O–H groups in total. The zero-order valence-corrected chi connectivity index (χ0v) is 7.01. The number of urea groups is 1. The first-order valence-electron chi connectivity index (χ1n) is 2.76. The molecule has 0 aromatic heterocycles. The number of rotatable bonds is 3. The number of amides is 2. The third-order valence-electron chi connectivity index (χ3n) is 0.853. The van der Waals surface area contributed by atoms with Crippen molar-refractivity contribution in [1.82, 2.24) is 9.25 Å². The van der Waals surface area contributed by atoms with Crippen molar-refractivity contribution >= 4 is 29.6 Å². The van der Waals surface area contributed by atoms with Crippen LogP contribution in [0.4, 0.5) is 4.79 Å². The summed E-state index contributed by atoms with van der Waals surface area (Å²) >= 11 is 9.99. The molecule has 7 heteroatoms. The molecule has 1 unspecified atom stereocenters. The molecule has 0 aliphatic heterocycles. The maximum Gasteiger partial charge on any atom is 0.347 e. The van der Waals surface area contributed by atoms with Gasteiger partial charge in [0.2, 0.25) is 0 Å². The first kappa shape index (κ1) is 10.8. The van der Waals surface area contributed by atoms with Gasteiger partial charge < -0.3 is 15.5 Å². The summed E-state index contributed by atoms with van der Waals surface area (Å²) in [6.45, 7) is -0.518. The molecule has 0 aliphatic rings. The van der Waals surface area contributed by atoms with Crippen LogP contribution >= 0.6 is 23.6 Å². The Bertz CT molecular complexity index is 133. The van der Waals surface area contributed by atoms with Crippen molar-refractivity contribution in [3.63, 3.8) is 0 Å². The van der Waals surface area contributed by atoms with E-state index >= 15 is 0 Å². The van der Waals surface area contributed by atoms with Crippen LogP contribution in [0.1, 0.15) is 0 Å². The predicted octanol–water partition coefficient (Wildman–Crippen LogP) is -0.341. The van der Waals surface area contributed by atoms with Crippen LogP contribution in [0.25, 0.3) is 0 Å². The van der Waals surface area contributed by atoms with E-state index in [0.29, 0.717) is 3.94 Å². The van der Waals surface area contributed by atoms with E-state index in [1.165, 1.54) is 0 Å². The highest BCUT2D eigenvalue weighted by atomic mass is 35.5. The Morgan fingerprint density at radius 3 is 2.55 bits per heavy atom. The van der Waals surface area contributed by atoms with E-state index in [0.717, 1.165) is 0 Å². The van der Waals surface area contributed by atoms with Gasteiger partial charge in [-0.2, -0.15) is 0 Å². The molecule has 0 heterocycles. The van der Waals surface area contributed by atoms with Gasteiger partial charge in [0.1, 0.15) is 0 Å². The molecule has 1 atom stereocenters. The molecule has 0 rings (SSSR count). The second-order valence-corrected chi connectivity index (χ2v) is 2.60. The number of nitrogens with one attached hydrogen (secondary N) is 1. The van der Waals surface area contributed by atoms with Crippen LogP contribution in [0.2, 0.25) is 0 Å². The molecule has 0 bridgehead atoms. The second kappa shape index (κ2) is 5.42. The summed E-state index contributed by atoms with van der Waals surface area (Å²) in [5.74, 6) is 0. The quantitative estimate of drug-likeness (QED) is 0.549. The minimum atomic E-state index is -0.993. The van der Waals surface area contributed by atoms with Crippen molar-refractivity contribution < 1.29 is 15.0 Å². The molecule has 0 spiro atoms. The normalized spacial score (nSPS) is 12.4. The lowest BCUT2D eigenvalue weighted by molar-refractivity contribution is 0.0957. The van der Waals surface area contributed by atoms with Gasteiger partial charge in [0.05, 0.1) is 12.7 Å². The van der Waals surface area contributed by atoms with Crippen molar-refractivity contribution in [2.24, 2.45) is 0 Å². The molecule has 0 radical (unpaired) electrons. The maximum atomic E-state index is 10.5. The highest BCUT2D eigenvalue weighted by Crippen LogP contribution is 1.97. The lowest BCUT2D eigenvalue weighted by atomic mass is 10.4. The van der Waals surface area contributed by atoms with Crippen LogP contribution in [0, 0.1) is 0 Å². The first-order chi connectivity index (χ1) is 5.07. The van der Waals surface area contributed by atoms with Crippen molar-refractivity contribution in [1.29, 1.82) is 0 Å². The molecule has 66 valence electrons. The number of carbonyl (C=O) groups excluding carboxylic acids is 1. The Morgan fingerprint density at radius 2 is 2.18 bits per heavy atom. The minimum absolute atomic E-state index is 0.0920. The van der Waals surface area contributed by atoms with Gasteiger partial charge in [-0.15, -0.1) is 3.94 Å². The van der Waals surface area contributed by atoms with Crippen molar-refractivity contribution in [3.05, 3.63) is 0 Å². The number of aliphatic hydroxyl groups excluding tert-OH is 2. The smallest absolute Gasteiger partial charge is 0.347 e. The van der Waals surface area contributed by atoms with E-state index < -0.39 is 18.7 Å². The third-order valence-corrected chi connectivity index (χ3v) is 1.16. The van der Waals surface area contributed by atoms with Gasteiger partial charge in [0, 0.05) is 30.1 Å². The molecule has 0 aromatic rings. The van der Waals surface area contributed by atoms with E-state index in [1.54, 1.807) is 0 Å². The number of nitrogens with zero attached hydrogens (tertiary/aromatic N) is 1. The van der Waals surface area contributed by atoms with Gasteiger partial charge in [-0.05, 0) is 0 Å². The Labute approximate surface area is 73.7 Å². The lowest BCUT2D eigenvalue weighted by Gasteiger charge is -2.09. The minimum Gasteiger partial charge on any atom is -0.394 e. The van der Waals surface area contributed by atoms with Gasteiger partial charge >= 0.3 is 6.03 Å². The summed E-state index contributed by atoms with van der Waals surface area (Å²) in [5, 5.41) is 19.2. The first-order valence-corrected chi connectivity index (χ1v) is 3.44. The zero-order chi connectivity index (χ0) is 8.85. The molecule has 0 aromatic carbocycles. The molecular formula is C4H8Cl2N2O3. The van der Waals surface area contributed by atoms with E-state index in [2.05, 4.69) is 5.32 Å². The summed E-state index contributed by atoms with van der Waals surface area (Å²) in [5.41, 5.74) is 0. The maximum absolute atomic E-state index is 10.5. The Balaban J connectivity index is 3.46. The number of hydrogen-bond acceptors (Lipinski definition) is 3. The number of carbonyl (C=O) groups is 1. The predicted molar refractivity (Wildman–Crippen MR) is 40.0 cm³/mol. The summed E-state index contributed by atoms with van der Waals surface area (Å²) in [4.78, 5) is 10.5. The van der Waals surface area contributed by atoms with Crippen molar-refractivity contribution in [3.8, 4) is 0 Å². The van der Waals surface area contributed by atoms with Gasteiger partial charge in [-0.25, -0.2) is 4.79 Å². The second-order valence-electron chi connectivity index (χ2n) is 1.76. The van der Waals surface area contributed by atoms with Gasteiger partial charge in [-0.1, -0.05) is 0 Å². The summed E-state index contributed by atoms with van der Waals surface area (Å²) < 4.78 is 0.296. The largest absolute Gasteiger partial charge is 0.394 e. The Hall–Kier alpha value is -0.230. The average molecular weight is 203 g/mol. The molecule has 0 aliphatic carbocycles. The number of aliphatic hydroxyl groups is 2.